The molecule has 3 aromatic rings. The van der Waals surface area contributed by atoms with Crippen molar-refractivity contribution in [2.75, 3.05) is 6.54 Å². The maximum absolute atomic E-state index is 13.4. The molecule has 2 nitrogen and oxygen atoms in total. The molecule has 2 N–H and O–H groups in total. The molecule has 1 saturated carbocycles. The van der Waals surface area contributed by atoms with Gasteiger partial charge in [0.05, 0.1) is 0 Å². The molecule has 2 unspecified atom stereocenters. The third-order valence-corrected chi connectivity index (χ3v) is 4.58. The van der Waals surface area contributed by atoms with Gasteiger partial charge in [-0.3, -0.25) is 0 Å². The molecule has 0 aliphatic heterocycles. The van der Waals surface area contributed by atoms with Crippen molar-refractivity contribution in [2.45, 2.75) is 18.9 Å². The minimum atomic E-state index is -0.159. The fraction of sp³-hybridized carbons (Fsp3) is 0.263. The molecule has 1 aliphatic rings. The van der Waals surface area contributed by atoms with E-state index in [9.17, 15) is 4.39 Å². The van der Waals surface area contributed by atoms with Crippen molar-refractivity contribution in [3.05, 3.63) is 71.7 Å². The van der Waals surface area contributed by atoms with Crippen LogP contribution in [0.5, 0.6) is 0 Å². The minimum absolute atomic E-state index is 0.159. The molecule has 4 rings (SSSR count). The molecule has 0 radical (unpaired) electrons. The molecule has 2 atom stereocenters. The monoisotopic (exact) mass is 294 g/mol. The Bertz CT molecular complexity index is 778. The Morgan fingerprint density at radius 2 is 2.00 bits per heavy atom. The average molecular weight is 294 g/mol. The third-order valence-electron chi connectivity index (χ3n) is 4.58. The Morgan fingerprint density at radius 3 is 2.86 bits per heavy atom. The van der Waals surface area contributed by atoms with Gasteiger partial charge in [-0.05, 0) is 54.1 Å². The molecule has 3 heteroatoms. The van der Waals surface area contributed by atoms with Crippen LogP contribution < -0.4 is 5.32 Å². The van der Waals surface area contributed by atoms with Crippen LogP contribution in [0.3, 0.4) is 0 Å². The molecule has 1 aromatic heterocycles. The van der Waals surface area contributed by atoms with Crippen molar-refractivity contribution in [3.63, 3.8) is 0 Å². The van der Waals surface area contributed by atoms with Crippen molar-refractivity contribution < 1.29 is 4.39 Å². The van der Waals surface area contributed by atoms with Gasteiger partial charge in [0.25, 0.3) is 0 Å². The highest BCUT2D eigenvalue weighted by atomic mass is 19.1. The summed E-state index contributed by atoms with van der Waals surface area (Å²) in [6.45, 7) is 1.92. The van der Waals surface area contributed by atoms with Crippen LogP contribution in [0.4, 0.5) is 4.39 Å². The normalized spacial score (nSPS) is 20.4. The van der Waals surface area contributed by atoms with Crippen LogP contribution in [0.25, 0.3) is 10.9 Å². The number of rotatable bonds is 5. The second-order valence-corrected chi connectivity index (χ2v) is 6.15. The highest BCUT2D eigenvalue weighted by Gasteiger charge is 2.39. The van der Waals surface area contributed by atoms with Crippen LogP contribution in [0.15, 0.2) is 54.7 Å². The number of fused-ring (bicyclic) bond motifs is 1. The average Bonchev–Trinajstić information content (AvgIpc) is 3.18. The number of benzene rings is 2. The van der Waals surface area contributed by atoms with E-state index < -0.39 is 0 Å². The molecule has 112 valence electrons. The Labute approximate surface area is 129 Å². The number of H-pyrrole nitrogens is 1. The predicted molar refractivity (Wildman–Crippen MR) is 87.3 cm³/mol. The smallest absolute Gasteiger partial charge is 0.123 e. The topological polar surface area (TPSA) is 27.8 Å². The van der Waals surface area contributed by atoms with Gasteiger partial charge in [0.1, 0.15) is 5.82 Å². The molecule has 1 fully saturated rings. The van der Waals surface area contributed by atoms with E-state index in [4.69, 9.17) is 0 Å². The fourth-order valence-corrected chi connectivity index (χ4v) is 3.27. The first-order valence-electron chi connectivity index (χ1n) is 7.82. The van der Waals surface area contributed by atoms with E-state index in [1.54, 1.807) is 6.07 Å². The van der Waals surface area contributed by atoms with Gasteiger partial charge < -0.3 is 10.3 Å². The van der Waals surface area contributed by atoms with E-state index in [-0.39, 0.29) is 5.82 Å². The molecular formula is C19H19FN2. The van der Waals surface area contributed by atoms with Crippen molar-refractivity contribution in [1.29, 1.82) is 0 Å². The standard InChI is InChI=1S/C19H19FN2/c20-15-6-7-19-17(9-15)18(12-22-19)16-8-14(16)11-21-10-13-4-2-1-3-5-13/h1-7,9,12,14,16,21-22H,8,10-11H2. The zero-order chi connectivity index (χ0) is 14.9. The van der Waals surface area contributed by atoms with E-state index in [0.29, 0.717) is 11.8 Å². The molecule has 0 spiro atoms. The zero-order valence-electron chi connectivity index (χ0n) is 12.4. The Kier molecular flexibility index (Phi) is 3.43. The van der Waals surface area contributed by atoms with Gasteiger partial charge in [-0.2, -0.15) is 0 Å². The fourth-order valence-electron chi connectivity index (χ4n) is 3.27. The van der Waals surface area contributed by atoms with Gasteiger partial charge in [0.2, 0.25) is 0 Å². The van der Waals surface area contributed by atoms with E-state index >= 15 is 0 Å². The second kappa shape index (κ2) is 5.58. The van der Waals surface area contributed by atoms with Crippen molar-refractivity contribution in [3.8, 4) is 0 Å². The van der Waals surface area contributed by atoms with Gasteiger partial charge in [-0.15, -0.1) is 0 Å². The van der Waals surface area contributed by atoms with Gasteiger partial charge in [0.15, 0.2) is 0 Å². The zero-order valence-corrected chi connectivity index (χ0v) is 12.4. The summed E-state index contributed by atoms with van der Waals surface area (Å²) in [6, 6.07) is 15.4. The van der Waals surface area contributed by atoms with Crippen molar-refractivity contribution in [2.24, 2.45) is 5.92 Å². The lowest BCUT2D eigenvalue weighted by Gasteiger charge is -2.04. The first kappa shape index (κ1) is 13.5. The summed E-state index contributed by atoms with van der Waals surface area (Å²) >= 11 is 0. The van der Waals surface area contributed by atoms with Gasteiger partial charge in [-0.1, -0.05) is 30.3 Å². The maximum Gasteiger partial charge on any atom is 0.123 e. The largest absolute Gasteiger partial charge is 0.361 e. The third kappa shape index (κ3) is 2.64. The molecule has 0 amide bonds. The molecule has 0 bridgehead atoms. The summed E-state index contributed by atoms with van der Waals surface area (Å²) in [5, 5.41) is 4.57. The summed E-state index contributed by atoms with van der Waals surface area (Å²) in [5.41, 5.74) is 3.61. The lowest BCUT2D eigenvalue weighted by Crippen LogP contribution is -2.16. The Hall–Kier alpha value is -2.13. The van der Waals surface area contributed by atoms with Crippen molar-refractivity contribution >= 4 is 10.9 Å². The van der Waals surface area contributed by atoms with Crippen LogP contribution >= 0.6 is 0 Å². The van der Waals surface area contributed by atoms with E-state index in [1.165, 1.54) is 23.6 Å². The van der Waals surface area contributed by atoms with Gasteiger partial charge >= 0.3 is 0 Å². The molecular weight excluding hydrogens is 275 g/mol. The number of aromatic nitrogens is 1. The molecule has 0 saturated heterocycles. The summed E-state index contributed by atoms with van der Waals surface area (Å²) in [5.74, 6) is 1.05. The lowest BCUT2D eigenvalue weighted by molar-refractivity contribution is 0.626. The quantitative estimate of drug-likeness (QED) is 0.725. The van der Waals surface area contributed by atoms with E-state index in [0.717, 1.165) is 24.0 Å². The summed E-state index contributed by atoms with van der Waals surface area (Å²) in [7, 11) is 0. The molecule has 1 heterocycles. The molecule has 2 aromatic carbocycles. The first-order valence-corrected chi connectivity index (χ1v) is 7.82. The lowest BCUT2D eigenvalue weighted by atomic mass is 10.1. The predicted octanol–water partition coefficient (Wildman–Crippen LogP) is 4.20. The van der Waals surface area contributed by atoms with Crippen molar-refractivity contribution in [1.82, 2.24) is 10.3 Å². The first-order chi connectivity index (χ1) is 10.8. The van der Waals surface area contributed by atoms with Crippen LogP contribution in [-0.2, 0) is 6.54 Å². The summed E-state index contributed by atoms with van der Waals surface area (Å²) in [4.78, 5) is 3.25. The van der Waals surface area contributed by atoms with E-state index in [1.807, 2.05) is 18.3 Å². The minimum Gasteiger partial charge on any atom is -0.361 e. The molecule has 22 heavy (non-hydrogen) atoms. The Morgan fingerprint density at radius 1 is 1.14 bits per heavy atom. The number of hydrogen-bond acceptors (Lipinski definition) is 1. The van der Waals surface area contributed by atoms with Gasteiger partial charge in [0, 0.05) is 23.6 Å². The van der Waals surface area contributed by atoms with Crippen LogP contribution in [0, 0.1) is 11.7 Å². The number of hydrogen-bond donors (Lipinski definition) is 2. The number of aromatic amines is 1. The summed E-state index contributed by atoms with van der Waals surface area (Å²) in [6.07, 6.45) is 3.23. The number of nitrogens with one attached hydrogen (secondary N) is 2. The highest BCUT2D eigenvalue weighted by molar-refractivity contribution is 5.84. The Balaban J connectivity index is 1.38. The highest BCUT2D eigenvalue weighted by Crippen LogP contribution is 2.49. The van der Waals surface area contributed by atoms with Crippen LogP contribution in [-0.4, -0.2) is 11.5 Å². The summed E-state index contributed by atoms with van der Waals surface area (Å²) < 4.78 is 13.4. The van der Waals surface area contributed by atoms with E-state index in [2.05, 4.69) is 34.6 Å². The molecule has 1 aliphatic carbocycles. The second-order valence-electron chi connectivity index (χ2n) is 6.15. The SMILES string of the molecule is Fc1ccc2[nH]cc(C3CC3CNCc3ccccc3)c2c1. The number of halogens is 1. The van der Waals surface area contributed by atoms with Crippen LogP contribution in [0.1, 0.15) is 23.5 Å². The van der Waals surface area contributed by atoms with Gasteiger partial charge in [-0.25, -0.2) is 4.39 Å². The van der Waals surface area contributed by atoms with Crippen LogP contribution in [0.2, 0.25) is 0 Å². The maximum atomic E-state index is 13.4.